The van der Waals surface area contributed by atoms with E-state index in [2.05, 4.69) is 63.8 Å². The predicted octanol–water partition coefficient (Wildman–Crippen LogP) is 7.10. The molecule has 0 aliphatic heterocycles. The molecule has 2 rings (SSSR count). The Kier molecular flexibility index (Phi) is 19.6. The maximum atomic E-state index is 4.50. The van der Waals surface area contributed by atoms with Crippen molar-refractivity contribution in [2.24, 2.45) is 23.5 Å². The summed E-state index contributed by atoms with van der Waals surface area (Å²) in [5, 5.41) is 0. The highest BCUT2D eigenvalue weighted by atomic mass is 14.4. The molecule has 1 heteroatoms. The van der Waals surface area contributed by atoms with E-state index in [0.29, 0.717) is 0 Å². The first-order valence-electron chi connectivity index (χ1n) is 10.2. The van der Waals surface area contributed by atoms with Crippen molar-refractivity contribution in [3.63, 3.8) is 0 Å². The van der Waals surface area contributed by atoms with Gasteiger partial charge in [0.05, 0.1) is 0 Å². The molecule has 0 radical (unpaired) electrons. The number of hydrogen-bond acceptors (Lipinski definition) is 1. The van der Waals surface area contributed by atoms with Gasteiger partial charge in [0.15, 0.2) is 0 Å². The van der Waals surface area contributed by atoms with E-state index in [1.807, 2.05) is 13.8 Å². The van der Waals surface area contributed by atoms with Crippen molar-refractivity contribution in [2.75, 3.05) is 7.05 Å². The third kappa shape index (κ3) is 16.1. The zero-order valence-corrected chi connectivity index (χ0v) is 17.6. The summed E-state index contributed by atoms with van der Waals surface area (Å²) in [6, 6.07) is 10.6. The van der Waals surface area contributed by atoms with Gasteiger partial charge in [-0.15, -0.1) is 0 Å². The Morgan fingerprint density at radius 1 is 0.833 bits per heavy atom. The van der Waals surface area contributed by atoms with Gasteiger partial charge in [-0.3, -0.25) is 0 Å². The van der Waals surface area contributed by atoms with Crippen molar-refractivity contribution in [1.82, 2.24) is 0 Å². The van der Waals surface area contributed by atoms with Crippen LogP contribution in [0.5, 0.6) is 0 Å². The molecule has 1 saturated carbocycles. The highest BCUT2D eigenvalue weighted by Crippen LogP contribution is 2.28. The van der Waals surface area contributed by atoms with E-state index >= 15 is 0 Å². The Morgan fingerprint density at radius 2 is 1.33 bits per heavy atom. The van der Waals surface area contributed by atoms with Gasteiger partial charge in [0, 0.05) is 0 Å². The van der Waals surface area contributed by atoms with Crippen LogP contribution >= 0.6 is 0 Å². The number of rotatable bonds is 4. The second-order valence-corrected chi connectivity index (χ2v) is 7.22. The summed E-state index contributed by atoms with van der Waals surface area (Å²) >= 11 is 0. The molecule has 142 valence electrons. The summed E-state index contributed by atoms with van der Waals surface area (Å²) in [5.41, 5.74) is 5.94. The van der Waals surface area contributed by atoms with Crippen LogP contribution in [-0.4, -0.2) is 7.05 Å². The zero-order valence-electron chi connectivity index (χ0n) is 17.6. The quantitative estimate of drug-likeness (QED) is 0.624. The van der Waals surface area contributed by atoms with E-state index in [9.17, 15) is 0 Å². The van der Waals surface area contributed by atoms with Crippen molar-refractivity contribution in [2.45, 2.75) is 86.5 Å². The molecule has 0 heterocycles. The topological polar surface area (TPSA) is 26.0 Å². The fourth-order valence-corrected chi connectivity index (χ4v) is 3.18. The van der Waals surface area contributed by atoms with Gasteiger partial charge in [-0.05, 0) is 43.2 Å². The minimum absolute atomic E-state index is 0.766. The highest BCUT2D eigenvalue weighted by Gasteiger charge is 2.13. The predicted molar refractivity (Wildman–Crippen MR) is 112 cm³/mol. The molecule has 0 aromatic heterocycles. The highest BCUT2D eigenvalue weighted by molar-refractivity contribution is 5.14. The number of nitrogens with two attached hydrogens (primary N) is 1. The van der Waals surface area contributed by atoms with Gasteiger partial charge in [-0.2, -0.15) is 0 Å². The van der Waals surface area contributed by atoms with Crippen molar-refractivity contribution < 1.29 is 0 Å². The lowest BCUT2D eigenvalue weighted by Crippen LogP contribution is -2.08. The summed E-state index contributed by atoms with van der Waals surface area (Å²) in [4.78, 5) is 0. The van der Waals surface area contributed by atoms with E-state index in [1.165, 1.54) is 57.6 Å². The molecular weight excluding hydrogens is 290 g/mol. The van der Waals surface area contributed by atoms with Crippen LogP contribution in [0.2, 0.25) is 0 Å². The molecule has 0 atom stereocenters. The lowest BCUT2D eigenvalue weighted by Gasteiger charge is -2.22. The third-order valence-electron chi connectivity index (χ3n) is 4.02. The van der Waals surface area contributed by atoms with Gasteiger partial charge in [0.25, 0.3) is 0 Å². The van der Waals surface area contributed by atoms with Crippen molar-refractivity contribution in [3.05, 3.63) is 35.9 Å². The van der Waals surface area contributed by atoms with Crippen molar-refractivity contribution in [3.8, 4) is 0 Å². The molecule has 1 nitrogen and oxygen atoms in total. The molecule has 2 N–H and O–H groups in total. The number of benzene rings is 1. The first-order chi connectivity index (χ1) is 11.6. The molecule has 0 spiro atoms. The average Bonchev–Trinajstić information content (AvgIpc) is 2.60. The molecule has 1 fully saturated rings. The Bertz CT molecular complexity index is 323. The second-order valence-electron chi connectivity index (χ2n) is 7.22. The van der Waals surface area contributed by atoms with E-state index in [0.717, 1.165) is 17.8 Å². The van der Waals surface area contributed by atoms with Gasteiger partial charge in [0.1, 0.15) is 0 Å². The lowest BCUT2D eigenvalue weighted by molar-refractivity contribution is 0.305. The Hall–Kier alpha value is -0.820. The van der Waals surface area contributed by atoms with Crippen LogP contribution in [-0.2, 0) is 6.42 Å². The smallest absolute Gasteiger partial charge is 0.0195 e. The van der Waals surface area contributed by atoms with Crippen LogP contribution < -0.4 is 5.73 Å². The van der Waals surface area contributed by atoms with Crippen LogP contribution in [0.25, 0.3) is 0 Å². The fraction of sp³-hybridized carbons (Fsp3) is 0.739. The third-order valence-corrected chi connectivity index (χ3v) is 4.02. The maximum Gasteiger partial charge on any atom is -0.0195 e. The summed E-state index contributed by atoms with van der Waals surface area (Å²) in [6.07, 6.45) is 10.2. The van der Waals surface area contributed by atoms with Crippen LogP contribution in [0.3, 0.4) is 0 Å². The standard InChI is InChI=1S/C10H20.C10H14.C2H6.CH5N/c2*1-9(2)8-10-6-4-3-5-7-10;2*1-2/h9-10H,3-8H2,1-2H3;3-7,9H,8H2,1-2H3;1-2H3;2H2,1H3. The summed E-state index contributed by atoms with van der Waals surface area (Å²) < 4.78 is 0. The first-order valence-corrected chi connectivity index (χ1v) is 10.2. The summed E-state index contributed by atoms with van der Waals surface area (Å²) in [5.74, 6) is 2.76. The van der Waals surface area contributed by atoms with Crippen molar-refractivity contribution >= 4 is 0 Å². The maximum absolute atomic E-state index is 4.50. The van der Waals surface area contributed by atoms with Gasteiger partial charge in [-0.25, -0.2) is 0 Å². The summed E-state index contributed by atoms with van der Waals surface area (Å²) in [6.45, 7) is 13.2. The van der Waals surface area contributed by atoms with Crippen LogP contribution in [0.1, 0.15) is 85.6 Å². The number of hydrogen-bond donors (Lipinski definition) is 1. The van der Waals surface area contributed by atoms with Gasteiger partial charge < -0.3 is 5.73 Å². The van der Waals surface area contributed by atoms with Crippen LogP contribution in [0.4, 0.5) is 0 Å². The second kappa shape index (κ2) is 18.5. The molecule has 1 aliphatic rings. The fourth-order valence-electron chi connectivity index (χ4n) is 3.18. The van der Waals surface area contributed by atoms with E-state index in [1.54, 1.807) is 0 Å². The van der Waals surface area contributed by atoms with Crippen LogP contribution in [0.15, 0.2) is 30.3 Å². The van der Waals surface area contributed by atoms with E-state index in [4.69, 9.17) is 0 Å². The molecule has 0 bridgehead atoms. The summed E-state index contributed by atoms with van der Waals surface area (Å²) in [7, 11) is 1.50. The molecule has 1 aromatic rings. The van der Waals surface area contributed by atoms with Crippen LogP contribution in [0, 0.1) is 17.8 Å². The first kappa shape index (κ1) is 25.4. The minimum Gasteiger partial charge on any atom is -0.333 e. The molecule has 0 amide bonds. The lowest BCUT2D eigenvalue weighted by atomic mass is 9.84. The normalized spacial score (nSPS) is 13.9. The Labute approximate surface area is 153 Å². The molecule has 0 saturated heterocycles. The Balaban J connectivity index is 0. The van der Waals surface area contributed by atoms with Gasteiger partial charge >= 0.3 is 0 Å². The molecule has 24 heavy (non-hydrogen) atoms. The Morgan fingerprint density at radius 3 is 1.75 bits per heavy atom. The minimum atomic E-state index is 0.766. The average molecular weight is 336 g/mol. The largest absolute Gasteiger partial charge is 0.333 e. The molecule has 0 unspecified atom stereocenters. The van der Waals surface area contributed by atoms with Crippen molar-refractivity contribution in [1.29, 1.82) is 0 Å². The molecule has 1 aliphatic carbocycles. The van der Waals surface area contributed by atoms with E-state index in [-0.39, 0.29) is 0 Å². The molecule has 1 aromatic carbocycles. The zero-order chi connectivity index (χ0) is 18.8. The SMILES string of the molecule is CC.CC(C)CC1CCCCC1.CC(C)Cc1ccccc1.CN. The monoisotopic (exact) mass is 335 g/mol. The van der Waals surface area contributed by atoms with E-state index < -0.39 is 0 Å². The molecular formula is C23H45N. The van der Waals surface area contributed by atoms with Gasteiger partial charge in [0.2, 0.25) is 0 Å². The van der Waals surface area contributed by atoms with Gasteiger partial charge in [-0.1, -0.05) is 104 Å².